The van der Waals surface area contributed by atoms with E-state index in [0.29, 0.717) is 6.54 Å². The van der Waals surface area contributed by atoms with Crippen LogP contribution in [0.5, 0.6) is 0 Å². The molecule has 0 saturated heterocycles. The van der Waals surface area contributed by atoms with E-state index < -0.39 is 0 Å². The Bertz CT molecular complexity index is 738. The van der Waals surface area contributed by atoms with Gasteiger partial charge in [0.1, 0.15) is 0 Å². The molecule has 0 saturated carbocycles. The normalized spacial score (nSPS) is 10.9. The summed E-state index contributed by atoms with van der Waals surface area (Å²) < 4.78 is 0. The summed E-state index contributed by atoms with van der Waals surface area (Å²) in [5.74, 6) is 0. The molecule has 1 nitrogen and oxygen atoms in total. The molecule has 3 rings (SSSR count). The fourth-order valence-corrected chi connectivity index (χ4v) is 3.31. The SMILES string of the molecule is NCc1ccc(Sc2ccc(Cl)cc2)c2ccccc12. The second kappa shape index (κ2) is 5.88. The third-order valence-electron chi connectivity index (χ3n) is 3.24. The highest BCUT2D eigenvalue weighted by molar-refractivity contribution is 7.99. The zero-order chi connectivity index (χ0) is 13.9. The number of rotatable bonds is 3. The van der Waals surface area contributed by atoms with Crippen molar-refractivity contribution >= 4 is 34.1 Å². The van der Waals surface area contributed by atoms with Crippen LogP contribution in [-0.4, -0.2) is 0 Å². The van der Waals surface area contributed by atoms with Gasteiger partial charge in [-0.05, 0) is 46.7 Å². The summed E-state index contributed by atoms with van der Waals surface area (Å²) in [6, 6.07) is 20.6. The molecule has 3 aromatic carbocycles. The molecule has 0 aliphatic rings. The summed E-state index contributed by atoms with van der Waals surface area (Å²) in [5, 5.41) is 3.24. The summed E-state index contributed by atoms with van der Waals surface area (Å²) in [6.07, 6.45) is 0. The molecule has 100 valence electrons. The molecule has 0 aromatic heterocycles. The first-order chi connectivity index (χ1) is 9.78. The van der Waals surface area contributed by atoms with Crippen LogP contribution in [0.15, 0.2) is 70.5 Å². The summed E-state index contributed by atoms with van der Waals surface area (Å²) in [5.41, 5.74) is 7.00. The Morgan fingerprint density at radius 1 is 0.850 bits per heavy atom. The van der Waals surface area contributed by atoms with E-state index in [-0.39, 0.29) is 0 Å². The molecule has 0 fully saturated rings. The third kappa shape index (κ3) is 2.68. The fourth-order valence-electron chi connectivity index (χ4n) is 2.23. The van der Waals surface area contributed by atoms with Crippen molar-refractivity contribution in [3.8, 4) is 0 Å². The molecule has 0 heterocycles. The van der Waals surface area contributed by atoms with E-state index in [1.54, 1.807) is 11.8 Å². The number of benzene rings is 3. The molecular formula is C17H14ClNS. The first kappa shape index (κ1) is 13.5. The van der Waals surface area contributed by atoms with Gasteiger partial charge in [-0.3, -0.25) is 0 Å². The predicted octanol–water partition coefficient (Wildman–Crippen LogP) is 5.10. The van der Waals surface area contributed by atoms with E-state index in [4.69, 9.17) is 17.3 Å². The van der Waals surface area contributed by atoms with E-state index in [9.17, 15) is 0 Å². The lowest BCUT2D eigenvalue weighted by Gasteiger charge is -2.10. The lowest BCUT2D eigenvalue weighted by atomic mass is 10.0. The minimum Gasteiger partial charge on any atom is -0.326 e. The van der Waals surface area contributed by atoms with E-state index in [1.807, 2.05) is 24.3 Å². The molecular weight excluding hydrogens is 286 g/mol. The van der Waals surface area contributed by atoms with E-state index in [2.05, 4.69) is 36.4 Å². The van der Waals surface area contributed by atoms with Gasteiger partial charge in [0.05, 0.1) is 0 Å². The summed E-state index contributed by atoms with van der Waals surface area (Å²) >= 11 is 7.67. The van der Waals surface area contributed by atoms with Crippen LogP contribution in [0.25, 0.3) is 10.8 Å². The highest BCUT2D eigenvalue weighted by Gasteiger charge is 2.06. The second-order valence-electron chi connectivity index (χ2n) is 4.53. The van der Waals surface area contributed by atoms with E-state index >= 15 is 0 Å². The second-order valence-corrected chi connectivity index (χ2v) is 6.08. The zero-order valence-electron chi connectivity index (χ0n) is 10.8. The molecule has 0 unspecified atom stereocenters. The van der Waals surface area contributed by atoms with Crippen molar-refractivity contribution in [2.45, 2.75) is 16.3 Å². The smallest absolute Gasteiger partial charge is 0.0406 e. The summed E-state index contributed by atoms with van der Waals surface area (Å²) in [4.78, 5) is 2.42. The average molecular weight is 300 g/mol. The van der Waals surface area contributed by atoms with Gasteiger partial charge >= 0.3 is 0 Å². The molecule has 0 atom stereocenters. The highest BCUT2D eigenvalue weighted by atomic mass is 35.5. The van der Waals surface area contributed by atoms with Crippen LogP contribution >= 0.6 is 23.4 Å². The molecule has 0 bridgehead atoms. The Kier molecular flexibility index (Phi) is 3.97. The van der Waals surface area contributed by atoms with Gasteiger partial charge in [-0.25, -0.2) is 0 Å². The van der Waals surface area contributed by atoms with Gasteiger partial charge in [-0.2, -0.15) is 0 Å². The maximum absolute atomic E-state index is 5.93. The Balaban J connectivity index is 2.06. The van der Waals surface area contributed by atoms with Crippen LogP contribution in [0.3, 0.4) is 0 Å². The number of fused-ring (bicyclic) bond motifs is 1. The van der Waals surface area contributed by atoms with Crippen LogP contribution in [0.4, 0.5) is 0 Å². The Morgan fingerprint density at radius 2 is 1.55 bits per heavy atom. The minimum atomic E-state index is 0.562. The van der Waals surface area contributed by atoms with E-state index in [0.717, 1.165) is 5.02 Å². The minimum absolute atomic E-state index is 0.562. The van der Waals surface area contributed by atoms with Crippen LogP contribution in [-0.2, 0) is 6.54 Å². The number of hydrogen-bond donors (Lipinski definition) is 1. The molecule has 0 amide bonds. The highest BCUT2D eigenvalue weighted by Crippen LogP contribution is 2.35. The summed E-state index contributed by atoms with van der Waals surface area (Å²) in [6.45, 7) is 0.562. The third-order valence-corrected chi connectivity index (χ3v) is 4.57. The van der Waals surface area contributed by atoms with Crippen LogP contribution in [0, 0.1) is 0 Å². The number of nitrogens with two attached hydrogens (primary N) is 1. The molecule has 2 N–H and O–H groups in total. The largest absolute Gasteiger partial charge is 0.326 e. The van der Waals surface area contributed by atoms with Crippen molar-refractivity contribution in [3.63, 3.8) is 0 Å². The first-order valence-corrected chi connectivity index (χ1v) is 7.61. The Hall–Kier alpha value is -1.48. The Labute approximate surface area is 127 Å². The lowest BCUT2D eigenvalue weighted by molar-refractivity contribution is 1.08. The van der Waals surface area contributed by atoms with Crippen molar-refractivity contribution in [2.24, 2.45) is 5.73 Å². The average Bonchev–Trinajstić information content (AvgIpc) is 2.50. The topological polar surface area (TPSA) is 26.0 Å². The van der Waals surface area contributed by atoms with Gasteiger partial charge < -0.3 is 5.73 Å². The lowest BCUT2D eigenvalue weighted by Crippen LogP contribution is -1.97. The molecule has 0 radical (unpaired) electrons. The van der Waals surface area contributed by atoms with Gasteiger partial charge in [-0.15, -0.1) is 0 Å². The van der Waals surface area contributed by atoms with E-state index in [1.165, 1.54) is 26.1 Å². The number of hydrogen-bond acceptors (Lipinski definition) is 2. The number of halogens is 1. The molecule has 0 spiro atoms. The van der Waals surface area contributed by atoms with Gasteiger partial charge in [0.2, 0.25) is 0 Å². The van der Waals surface area contributed by atoms with Gasteiger partial charge in [-0.1, -0.05) is 53.7 Å². The van der Waals surface area contributed by atoms with Crippen LogP contribution in [0.2, 0.25) is 5.02 Å². The first-order valence-electron chi connectivity index (χ1n) is 6.42. The van der Waals surface area contributed by atoms with Gasteiger partial charge in [0.15, 0.2) is 0 Å². The monoisotopic (exact) mass is 299 g/mol. The zero-order valence-corrected chi connectivity index (χ0v) is 12.4. The molecule has 3 heteroatoms. The van der Waals surface area contributed by atoms with Crippen molar-refractivity contribution < 1.29 is 0 Å². The maximum Gasteiger partial charge on any atom is 0.0406 e. The fraction of sp³-hybridized carbons (Fsp3) is 0.0588. The molecule has 20 heavy (non-hydrogen) atoms. The predicted molar refractivity (Wildman–Crippen MR) is 87.4 cm³/mol. The quantitative estimate of drug-likeness (QED) is 0.728. The standard InChI is InChI=1S/C17H14ClNS/c18-13-6-8-14(9-7-13)20-17-10-5-12(11-19)15-3-1-2-4-16(15)17/h1-10H,11,19H2. The molecule has 3 aromatic rings. The maximum atomic E-state index is 5.93. The Morgan fingerprint density at radius 3 is 2.25 bits per heavy atom. The molecule has 0 aliphatic carbocycles. The van der Waals surface area contributed by atoms with Crippen molar-refractivity contribution in [1.29, 1.82) is 0 Å². The van der Waals surface area contributed by atoms with Crippen molar-refractivity contribution in [3.05, 3.63) is 71.2 Å². The van der Waals surface area contributed by atoms with Gasteiger partial charge in [0.25, 0.3) is 0 Å². The van der Waals surface area contributed by atoms with Crippen LogP contribution < -0.4 is 5.73 Å². The summed E-state index contributed by atoms with van der Waals surface area (Å²) in [7, 11) is 0. The molecule has 0 aliphatic heterocycles. The van der Waals surface area contributed by atoms with Crippen LogP contribution in [0.1, 0.15) is 5.56 Å². The van der Waals surface area contributed by atoms with Crippen molar-refractivity contribution in [1.82, 2.24) is 0 Å². The van der Waals surface area contributed by atoms with Gasteiger partial charge in [0, 0.05) is 21.4 Å². The van der Waals surface area contributed by atoms with Crippen molar-refractivity contribution in [2.75, 3.05) is 0 Å².